The van der Waals surface area contributed by atoms with Crippen molar-refractivity contribution in [3.8, 4) is 11.8 Å². The van der Waals surface area contributed by atoms with Gasteiger partial charge in [0.05, 0.1) is 6.61 Å². The summed E-state index contributed by atoms with van der Waals surface area (Å²) in [6.45, 7) is 4.20. The third kappa shape index (κ3) is 2.71. The van der Waals surface area contributed by atoms with Gasteiger partial charge in [-0.1, -0.05) is 5.92 Å². The molecule has 0 unspecified atom stereocenters. The molecule has 1 heterocycles. The fourth-order valence-electron chi connectivity index (χ4n) is 1.94. The van der Waals surface area contributed by atoms with Crippen LogP contribution in [0.1, 0.15) is 13.3 Å². The number of rotatable bonds is 3. The molecule has 1 rings (SSSR count). The second-order valence-corrected chi connectivity index (χ2v) is 3.99. The first-order valence-corrected chi connectivity index (χ1v) is 5.08. The molecule has 15 heavy (non-hydrogen) atoms. The van der Waals surface area contributed by atoms with Gasteiger partial charge in [-0.15, -0.1) is 0 Å². The molecular weight excluding hydrogens is 192 g/mol. The van der Waals surface area contributed by atoms with E-state index < -0.39 is 0 Å². The first-order valence-electron chi connectivity index (χ1n) is 5.08. The summed E-state index contributed by atoms with van der Waals surface area (Å²) in [5.74, 6) is 5.06. The summed E-state index contributed by atoms with van der Waals surface area (Å²) in [5.41, 5.74) is 5.67. The van der Waals surface area contributed by atoms with Gasteiger partial charge in [0.2, 0.25) is 0 Å². The summed E-state index contributed by atoms with van der Waals surface area (Å²) in [5, 5.41) is 0. The van der Waals surface area contributed by atoms with E-state index in [0.29, 0.717) is 19.7 Å². The van der Waals surface area contributed by atoms with Gasteiger partial charge in [-0.25, -0.2) is 0 Å². The van der Waals surface area contributed by atoms with Gasteiger partial charge in [-0.3, -0.25) is 4.79 Å². The van der Waals surface area contributed by atoms with Crippen molar-refractivity contribution in [1.82, 2.24) is 4.90 Å². The van der Waals surface area contributed by atoms with Gasteiger partial charge in [0.15, 0.2) is 0 Å². The van der Waals surface area contributed by atoms with Crippen molar-refractivity contribution < 1.29 is 9.53 Å². The van der Waals surface area contributed by atoms with Crippen molar-refractivity contribution in [1.29, 1.82) is 0 Å². The predicted molar refractivity (Wildman–Crippen MR) is 58.0 cm³/mol. The minimum Gasteiger partial charge on any atom is -0.384 e. The Hall–Kier alpha value is -1.05. The number of nitrogens with zero attached hydrogens (tertiary/aromatic N) is 1. The van der Waals surface area contributed by atoms with Crippen LogP contribution < -0.4 is 5.73 Å². The molecule has 1 fully saturated rings. The molecule has 0 spiro atoms. The van der Waals surface area contributed by atoms with Crippen molar-refractivity contribution in [3.05, 3.63) is 0 Å². The number of hydrogen-bond acceptors (Lipinski definition) is 3. The first kappa shape index (κ1) is 12.0. The number of hydrogen-bond donors (Lipinski definition) is 1. The molecule has 4 nitrogen and oxygen atoms in total. The van der Waals surface area contributed by atoms with E-state index >= 15 is 0 Å². The molecule has 0 aromatic carbocycles. The molecule has 0 radical (unpaired) electrons. The van der Waals surface area contributed by atoms with Crippen LogP contribution in [0.15, 0.2) is 0 Å². The maximum atomic E-state index is 11.5. The van der Waals surface area contributed by atoms with E-state index in [0.717, 1.165) is 13.0 Å². The molecule has 1 saturated heterocycles. The quantitative estimate of drug-likeness (QED) is 0.658. The van der Waals surface area contributed by atoms with E-state index in [1.165, 1.54) is 0 Å². The molecular formula is C11H18N2O2. The van der Waals surface area contributed by atoms with Crippen molar-refractivity contribution in [2.75, 3.05) is 33.4 Å². The van der Waals surface area contributed by atoms with Crippen LogP contribution in [0, 0.1) is 17.3 Å². The maximum Gasteiger partial charge on any atom is 0.298 e. The van der Waals surface area contributed by atoms with E-state index in [9.17, 15) is 4.79 Å². The largest absolute Gasteiger partial charge is 0.384 e. The Labute approximate surface area is 90.8 Å². The van der Waals surface area contributed by atoms with Crippen LogP contribution in [0.3, 0.4) is 0 Å². The van der Waals surface area contributed by atoms with Crippen LogP contribution in [0.4, 0.5) is 0 Å². The lowest BCUT2D eigenvalue weighted by Crippen LogP contribution is -2.39. The second kappa shape index (κ2) is 5.15. The van der Waals surface area contributed by atoms with Crippen LogP contribution in [0.5, 0.6) is 0 Å². The molecule has 0 bridgehead atoms. The van der Waals surface area contributed by atoms with Crippen LogP contribution in [-0.4, -0.2) is 44.2 Å². The van der Waals surface area contributed by atoms with E-state index in [1.807, 2.05) is 0 Å². The Morgan fingerprint density at radius 1 is 1.67 bits per heavy atom. The topological polar surface area (TPSA) is 55.6 Å². The fraction of sp³-hybridized carbons (Fsp3) is 0.727. The Balaban J connectivity index is 2.62. The van der Waals surface area contributed by atoms with Crippen LogP contribution >= 0.6 is 0 Å². The molecule has 84 valence electrons. The summed E-state index contributed by atoms with van der Waals surface area (Å²) >= 11 is 0. The van der Waals surface area contributed by atoms with E-state index in [2.05, 4.69) is 11.8 Å². The maximum absolute atomic E-state index is 11.5. The number of methoxy groups -OCH3 is 1. The lowest BCUT2D eigenvalue weighted by Gasteiger charge is -2.26. The SMILES string of the molecule is CC#CC(=O)N1CC[C@](CN)(COC)C1. The van der Waals surface area contributed by atoms with Gasteiger partial charge in [0, 0.05) is 32.2 Å². The molecule has 0 saturated carbocycles. The lowest BCUT2D eigenvalue weighted by molar-refractivity contribution is -0.124. The van der Waals surface area contributed by atoms with Crippen molar-refractivity contribution >= 4 is 5.91 Å². The van der Waals surface area contributed by atoms with Gasteiger partial charge in [-0.2, -0.15) is 0 Å². The second-order valence-electron chi connectivity index (χ2n) is 3.99. The molecule has 4 heteroatoms. The van der Waals surface area contributed by atoms with Crippen molar-refractivity contribution in [2.45, 2.75) is 13.3 Å². The highest BCUT2D eigenvalue weighted by Crippen LogP contribution is 2.29. The summed E-state index contributed by atoms with van der Waals surface area (Å²) in [4.78, 5) is 13.3. The van der Waals surface area contributed by atoms with Crippen molar-refractivity contribution in [2.24, 2.45) is 11.1 Å². The third-order valence-electron chi connectivity index (χ3n) is 2.84. The van der Waals surface area contributed by atoms with Crippen LogP contribution in [0.25, 0.3) is 0 Å². The van der Waals surface area contributed by atoms with Gasteiger partial charge < -0.3 is 15.4 Å². The summed E-state index contributed by atoms with van der Waals surface area (Å²) in [6.07, 6.45) is 0.897. The standard InChI is InChI=1S/C11H18N2O2/c1-3-4-10(14)13-6-5-11(7-12,8-13)9-15-2/h5-9,12H2,1-2H3/t11-/m1/s1. The lowest BCUT2D eigenvalue weighted by atomic mass is 9.88. The van der Waals surface area contributed by atoms with Crippen molar-refractivity contribution in [3.63, 3.8) is 0 Å². The monoisotopic (exact) mass is 210 g/mol. The molecule has 1 amide bonds. The normalized spacial score (nSPS) is 24.9. The number of nitrogens with two attached hydrogens (primary N) is 1. The minimum absolute atomic E-state index is 0.0696. The average molecular weight is 210 g/mol. The first-order chi connectivity index (χ1) is 7.17. The molecule has 2 N–H and O–H groups in total. The van der Waals surface area contributed by atoms with Gasteiger partial charge in [0.25, 0.3) is 5.91 Å². The van der Waals surface area contributed by atoms with Crippen LogP contribution in [-0.2, 0) is 9.53 Å². The number of likely N-dealkylation sites (tertiary alicyclic amines) is 1. The zero-order valence-corrected chi connectivity index (χ0v) is 9.38. The zero-order chi connectivity index (χ0) is 11.3. The number of ether oxygens (including phenoxy) is 1. The summed E-state index contributed by atoms with van der Waals surface area (Å²) in [6, 6.07) is 0. The molecule has 1 aliphatic heterocycles. The summed E-state index contributed by atoms with van der Waals surface area (Å²) < 4.78 is 5.15. The number of carbonyl (C=O) groups is 1. The highest BCUT2D eigenvalue weighted by molar-refractivity contribution is 5.93. The Morgan fingerprint density at radius 3 is 2.93 bits per heavy atom. The fourth-order valence-corrected chi connectivity index (χ4v) is 1.94. The predicted octanol–water partition coefficient (Wildman–Crippen LogP) is -0.166. The smallest absolute Gasteiger partial charge is 0.298 e. The van der Waals surface area contributed by atoms with Gasteiger partial charge in [0.1, 0.15) is 0 Å². The van der Waals surface area contributed by atoms with E-state index in [-0.39, 0.29) is 11.3 Å². The van der Waals surface area contributed by atoms with E-state index in [1.54, 1.807) is 18.9 Å². The third-order valence-corrected chi connectivity index (χ3v) is 2.84. The number of carbonyl (C=O) groups excluding carboxylic acids is 1. The molecule has 1 aliphatic rings. The Bertz CT molecular complexity index is 293. The highest BCUT2D eigenvalue weighted by atomic mass is 16.5. The van der Waals surface area contributed by atoms with Gasteiger partial charge >= 0.3 is 0 Å². The summed E-state index contributed by atoms with van der Waals surface area (Å²) in [7, 11) is 1.66. The highest BCUT2D eigenvalue weighted by Gasteiger charge is 2.38. The van der Waals surface area contributed by atoms with E-state index in [4.69, 9.17) is 10.5 Å². The zero-order valence-electron chi connectivity index (χ0n) is 9.38. The molecule has 0 aliphatic carbocycles. The van der Waals surface area contributed by atoms with Crippen LogP contribution in [0.2, 0.25) is 0 Å². The average Bonchev–Trinajstić information content (AvgIpc) is 2.64. The minimum atomic E-state index is -0.107. The number of amides is 1. The molecule has 0 aromatic rings. The molecule has 1 atom stereocenters. The Kier molecular flexibility index (Phi) is 4.13. The van der Waals surface area contributed by atoms with Gasteiger partial charge in [-0.05, 0) is 19.3 Å². The Morgan fingerprint density at radius 2 is 2.40 bits per heavy atom. The molecule has 0 aromatic heterocycles.